The van der Waals surface area contributed by atoms with Gasteiger partial charge in [-0.2, -0.15) is 0 Å². The molecule has 3 heterocycles. The summed E-state index contributed by atoms with van der Waals surface area (Å²) in [6, 6.07) is 7.27. The Bertz CT molecular complexity index is 975. The van der Waals surface area contributed by atoms with Crippen molar-refractivity contribution in [2.45, 2.75) is 32.7 Å². The highest BCUT2D eigenvalue weighted by molar-refractivity contribution is 6.30. The number of carbonyl (C=O) groups excluding carboxylic acids is 2. The second-order valence-corrected chi connectivity index (χ2v) is 9.37. The van der Waals surface area contributed by atoms with Gasteiger partial charge in [0.25, 0.3) is 0 Å². The molecule has 178 valence electrons. The van der Waals surface area contributed by atoms with E-state index in [-0.39, 0.29) is 18.4 Å². The van der Waals surface area contributed by atoms with E-state index < -0.39 is 5.41 Å². The molecule has 2 saturated heterocycles. The van der Waals surface area contributed by atoms with Crippen LogP contribution in [0.1, 0.15) is 25.1 Å². The van der Waals surface area contributed by atoms with Crippen LogP contribution in [0.5, 0.6) is 5.75 Å². The van der Waals surface area contributed by atoms with Gasteiger partial charge in [-0.15, -0.1) is 0 Å². The van der Waals surface area contributed by atoms with Crippen LogP contribution < -0.4 is 4.74 Å². The molecule has 8 nitrogen and oxygen atoms in total. The molecule has 1 atom stereocenters. The topological polar surface area (TPSA) is 76.9 Å². The first-order valence-electron chi connectivity index (χ1n) is 11.4. The van der Waals surface area contributed by atoms with Crippen LogP contribution in [0.3, 0.4) is 0 Å². The summed E-state index contributed by atoms with van der Waals surface area (Å²) in [7, 11) is 0. The Labute approximate surface area is 199 Å². The number of benzene rings is 1. The number of likely N-dealkylation sites (tertiary alicyclic amines) is 1. The van der Waals surface area contributed by atoms with Crippen LogP contribution in [-0.2, 0) is 20.9 Å². The van der Waals surface area contributed by atoms with Gasteiger partial charge in [0, 0.05) is 55.4 Å². The first-order valence-corrected chi connectivity index (χ1v) is 11.8. The van der Waals surface area contributed by atoms with E-state index >= 15 is 0 Å². The Balaban J connectivity index is 1.49. The van der Waals surface area contributed by atoms with Gasteiger partial charge < -0.3 is 23.8 Å². The Hall–Kier alpha value is -2.58. The van der Waals surface area contributed by atoms with Gasteiger partial charge in [0.2, 0.25) is 11.8 Å². The number of piperidine rings is 1. The van der Waals surface area contributed by atoms with Gasteiger partial charge in [-0.3, -0.25) is 9.59 Å². The highest BCUT2D eigenvalue weighted by Crippen LogP contribution is 2.36. The van der Waals surface area contributed by atoms with Crippen molar-refractivity contribution in [3.63, 3.8) is 0 Å². The minimum atomic E-state index is -0.463. The Morgan fingerprint density at radius 1 is 1.18 bits per heavy atom. The average Bonchev–Trinajstić information content (AvgIpc) is 3.23. The second kappa shape index (κ2) is 10.6. The van der Waals surface area contributed by atoms with E-state index in [0.29, 0.717) is 63.2 Å². The predicted octanol–water partition coefficient (Wildman–Crippen LogP) is 2.78. The van der Waals surface area contributed by atoms with Gasteiger partial charge in [-0.05, 0) is 38.0 Å². The fourth-order valence-electron chi connectivity index (χ4n) is 4.59. The predicted molar refractivity (Wildman–Crippen MR) is 124 cm³/mol. The molecule has 0 N–H and O–H groups in total. The van der Waals surface area contributed by atoms with Crippen LogP contribution in [0.15, 0.2) is 36.7 Å². The van der Waals surface area contributed by atoms with E-state index in [2.05, 4.69) is 4.98 Å². The van der Waals surface area contributed by atoms with Crippen LogP contribution in [0, 0.1) is 12.3 Å². The summed E-state index contributed by atoms with van der Waals surface area (Å²) in [6.07, 6.45) is 5.49. The Morgan fingerprint density at radius 2 is 2.00 bits per heavy atom. The first kappa shape index (κ1) is 23.6. The van der Waals surface area contributed by atoms with Gasteiger partial charge in [-0.1, -0.05) is 17.7 Å². The molecule has 9 heteroatoms. The van der Waals surface area contributed by atoms with Crippen molar-refractivity contribution in [1.29, 1.82) is 0 Å². The number of carbonyl (C=O) groups is 2. The number of halogens is 1. The number of nitrogens with zero attached hydrogens (tertiary/aromatic N) is 4. The summed E-state index contributed by atoms with van der Waals surface area (Å²) in [5, 5.41) is 0.599. The molecule has 4 rings (SSSR count). The normalized spacial score (nSPS) is 21.2. The lowest BCUT2D eigenvalue weighted by molar-refractivity contribution is -0.144. The van der Waals surface area contributed by atoms with E-state index in [4.69, 9.17) is 21.1 Å². The van der Waals surface area contributed by atoms with Gasteiger partial charge in [0.1, 0.15) is 18.1 Å². The fourth-order valence-corrected chi connectivity index (χ4v) is 4.77. The summed E-state index contributed by atoms with van der Waals surface area (Å²) in [6.45, 7) is 5.96. The quantitative estimate of drug-likeness (QED) is 0.616. The molecule has 2 aliphatic rings. The Kier molecular flexibility index (Phi) is 7.55. The zero-order valence-corrected chi connectivity index (χ0v) is 19.8. The van der Waals surface area contributed by atoms with E-state index in [1.54, 1.807) is 18.3 Å². The average molecular weight is 475 g/mol. The summed E-state index contributed by atoms with van der Waals surface area (Å²) in [5.74, 6) is 1.59. The maximum Gasteiger partial charge on any atom is 0.242 e. The monoisotopic (exact) mass is 474 g/mol. The summed E-state index contributed by atoms with van der Waals surface area (Å²) in [4.78, 5) is 34.3. The number of rotatable bonds is 7. The molecule has 2 aromatic rings. The van der Waals surface area contributed by atoms with Gasteiger partial charge in [0.15, 0.2) is 0 Å². The minimum Gasteiger partial charge on any atom is -0.493 e. The standard InChI is InChI=1S/C24H31ClN4O4/c1-19-26-7-9-28(19)16-23(31)29-8-3-6-24(17-29,15-22(30)27-10-12-32-13-11-27)18-33-21-5-2-4-20(25)14-21/h2,4-5,7,9,14H,3,6,8,10-13,15-18H2,1H3. The number of aromatic nitrogens is 2. The van der Waals surface area contributed by atoms with Gasteiger partial charge in [-0.25, -0.2) is 4.98 Å². The lowest BCUT2D eigenvalue weighted by Crippen LogP contribution is -2.52. The second-order valence-electron chi connectivity index (χ2n) is 8.94. The largest absolute Gasteiger partial charge is 0.493 e. The number of ether oxygens (including phenoxy) is 2. The van der Waals surface area contributed by atoms with E-state index in [0.717, 1.165) is 18.7 Å². The van der Waals surface area contributed by atoms with Crippen LogP contribution in [0.25, 0.3) is 0 Å². The third-order valence-electron chi connectivity index (χ3n) is 6.47. The molecule has 1 unspecified atom stereocenters. The maximum absolute atomic E-state index is 13.2. The van der Waals surface area contributed by atoms with E-state index in [1.165, 1.54) is 0 Å². The molecule has 0 saturated carbocycles. The van der Waals surface area contributed by atoms with E-state index in [9.17, 15) is 9.59 Å². The fraction of sp³-hybridized carbons (Fsp3) is 0.542. The molecular weight excluding hydrogens is 444 g/mol. The van der Waals surface area contributed by atoms with Gasteiger partial charge >= 0.3 is 0 Å². The highest BCUT2D eigenvalue weighted by Gasteiger charge is 2.41. The summed E-state index contributed by atoms with van der Waals surface area (Å²) < 4.78 is 13.4. The number of amides is 2. The molecule has 1 aromatic carbocycles. The first-order chi connectivity index (χ1) is 15.9. The van der Waals surface area contributed by atoms with Crippen molar-refractivity contribution >= 4 is 23.4 Å². The van der Waals surface area contributed by atoms with Crippen molar-refractivity contribution in [2.24, 2.45) is 5.41 Å². The number of hydrogen-bond donors (Lipinski definition) is 0. The van der Waals surface area contributed by atoms with Crippen LogP contribution >= 0.6 is 11.6 Å². The smallest absolute Gasteiger partial charge is 0.242 e. The molecular formula is C24H31ClN4O4. The molecule has 0 spiro atoms. The molecule has 0 aliphatic carbocycles. The lowest BCUT2D eigenvalue weighted by atomic mass is 9.77. The molecule has 0 radical (unpaired) electrons. The molecule has 0 bridgehead atoms. The van der Waals surface area contributed by atoms with Crippen molar-refractivity contribution < 1.29 is 19.1 Å². The molecule has 33 heavy (non-hydrogen) atoms. The lowest BCUT2D eigenvalue weighted by Gasteiger charge is -2.43. The highest BCUT2D eigenvalue weighted by atomic mass is 35.5. The third-order valence-corrected chi connectivity index (χ3v) is 6.71. The molecule has 2 aliphatic heterocycles. The zero-order valence-electron chi connectivity index (χ0n) is 19.0. The number of hydrogen-bond acceptors (Lipinski definition) is 5. The third kappa shape index (κ3) is 6.06. The minimum absolute atomic E-state index is 0.0294. The number of imidazole rings is 1. The molecule has 2 fully saturated rings. The Morgan fingerprint density at radius 3 is 2.73 bits per heavy atom. The summed E-state index contributed by atoms with van der Waals surface area (Å²) >= 11 is 6.12. The zero-order chi connectivity index (χ0) is 23.3. The van der Waals surface area contributed by atoms with Crippen molar-refractivity contribution in [3.8, 4) is 5.75 Å². The van der Waals surface area contributed by atoms with Crippen LogP contribution in [-0.4, -0.2) is 77.2 Å². The van der Waals surface area contributed by atoms with Crippen LogP contribution in [0.2, 0.25) is 5.02 Å². The SMILES string of the molecule is Cc1nccn1CC(=O)N1CCCC(COc2cccc(Cl)c2)(CC(=O)N2CCOCC2)C1. The van der Waals surface area contributed by atoms with Crippen LogP contribution in [0.4, 0.5) is 0 Å². The van der Waals surface area contributed by atoms with Gasteiger partial charge in [0.05, 0.1) is 19.8 Å². The van der Waals surface area contributed by atoms with E-state index in [1.807, 2.05) is 39.6 Å². The van der Waals surface area contributed by atoms with Crippen molar-refractivity contribution in [2.75, 3.05) is 46.0 Å². The molecule has 2 amide bonds. The maximum atomic E-state index is 13.2. The number of morpholine rings is 1. The summed E-state index contributed by atoms with van der Waals surface area (Å²) in [5.41, 5.74) is -0.463. The number of aryl methyl sites for hydroxylation is 1. The van der Waals surface area contributed by atoms with Crippen molar-refractivity contribution in [3.05, 3.63) is 47.5 Å². The van der Waals surface area contributed by atoms with Crippen molar-refractivity contribution in [1.82, 2.24) is 19.4 Å². The molecule has 1 aromatic heterocycles.